The Morgan fingerprint density at radius 1 is 0.846 bits per heavy atom. The van der Waals surface area contributed by atoms with Gasteiger partial charge in [-0.15, -0.1) is 0 Å². The fourth-order valence-electron chi connectivity index (χ4n) is 1.47. The van der Waals surface area contributed by atoms with Crippen LogP contribution < -0.4 is 0 Å². The summed E-state index contributed by atoms with van der Waals surface area (Å²) >= 11 is 0. The second-order valence-corrected chi connectivity index (χ2v) is 7.21. The molecule has 0 aliphatic rings. The molecule has 26 heavy (non-hydrogen) atoms. The van der Waals surface area contributed by atoms with Crippen molar-refractivity contribution < 1.29 is 39.8 Å². The number of hydrogen-bond acceptors (Lipinski definition) is 5. The van der Waals surface area contributed by atoms with Gasteiger partial charge in [-0.25, -0.2) is 0 Å². The van der Waals surface area contributed by atoms with Gasteiger partial charge < -0.3 is 9.05 Å². The molecule has 0 unspecified atom stereocenters. The molecule has 0 atom stereocenters. The van der Waals surface area contributed by atoms with E-state index >= 15 is 0 Å². The normalized spacial score (nSPS) is 11.7. The molecule has 144 valence electrons. The van der Waals surface area contributed by atoms with Crippen LogP contribution in [0.5, 0.6) is 0 Å². The highest BCUT2D eigenvalue weighted by atomic mass is 32.2. The lowest BCUT2D eigenvalue weighted by Crippen LogP contribution is -2.21. The quantitative estimate of drug-likeness (QED) is 0.435. The highest BCUT2D eigenvalue weighted by Gasteiger charge is 2.44. The first-order valence-electron chi connectivity index (χ1n) is 7.01. The minimum absolute atomic E-state index is 0.313. The van der Waals surface area contributed by atoms with Gasteiger partial charge in [-0.2, -0.15) is 21.6 Å². The number of halogens is 3. The van der Waals surface area contributed by atoms with Gasteiger partial charge in [0.1, 0.15) is 0 Å². The SMILES string of the molecule is O=S(=O)(O)C(F)(F)F.O=[PH](OCc1ccccc1)OCc1ccccc1. The van der Waals surface area contributed by atoms with Crippen LogP contribution in [0.2, 0.25) is 0 Å². The molecular weight excluding hydrogens is 396 g/mol. The highest BCUT2D eigenvalue weighted by Crippen LogP contribution is 2.27. The Bertz CT molecular complexity index is 737. The van der Waals surface area contributed by atoms with E-state index in [9.17, 15) is 17.7 Å². The zero-order valence-corrected chi connectivity index (χ0v) is 15.0. The van der Waals surface area contributed by atoms with E-state index < -0.39 is 23.9 Å². The van der Waals surface area contributed by atoms with Crippen LogP contribution in [0.3, 0.4) is 0 Å². The van der Waals surface area contributed by atoms with Crippen LogP contribution in [0.15, 0.2) is 60.7 Å². The van der Waals surface area contributed by atoms with Gasteiger partial charge in [0, 0.05) is 0 Å². The number of hydrogen-bond donors (Lipinski definition) is 1. The average molecular weight is 412 g/mol. The summed E-state index contributed by atoms with van der Waals surface area (Å²) in [5, 5.41) is 0. The van der Waals surface area contributed by atoms with Crippen molar-refractivity contribution >= 4 is 18.4 Å². The molecule has 0 bridgehead atoms. The molecule has 2 aromatic carbocycles. The molecule has 2 rings (SSSR count). The standard InChI is InChI=1S/C14H15O3P.CHF3O3S/c15-18(16-11-13-7-3-1-4-8-13)17-12-14-9-5-2-6-10-14;2-1(3,4)8(5,6)7/h1-10,18H,11-12H2;(H,5,6,7). The second kappa shape index (κ2) is 10.4. The molecule has 0 heterocycles. The van der Waals surface area contributed by atoms with E-state index in [-0.39, 0.29) is 0 Å². The maximum atomic E-state index is 11.5. The predicted molar refractivity (Wildman–Crippen MR) is 89.1 cm³/mol. The summed E-state index contributed by atoms with van der Waals surface area (Å²) in [5.74, 6) is 0. The van der Waals surface area contributed by atoms with Crippen LogP contribution in [0, 0.1) is 0 Å². The van der Waals surface area contributed by atoms with Crippen molar-refractivity contribution in [1.29, 1.82) is 0 Å². The molecule has 0 fully saturated rings. The zero-order chi connectivity index (χ0) is 19.6. The molecule has 0 amide bonds. The minimum atomic E-state index is -5.84. The van der Waals surface area contributed by atoms with Crippen LogP contribution in [-0.4, -0.2) is 18.5 Å². The molecule has 0 aromatic heterocycles. The summed E-state index contributed by atoms with van der Waals surface area (Å²) in [6.07, 6.45) is 0. The van der Waals surface area contributed by atoms with Crippen LogP contribution in [0.1, 0.15) is 11.1 Å². The summed E-state index contributed by atoms with van der Waals surface area (Å²) in [4.78, 5) is 0. The Morgan fingerprint density at radius 3 is 1.42 bits per heavy atom. The van der Waals surface area contributed by atoms with Gasteiger partial charge in [0.2, 0.25) is 0 Å². The lowest BCUT2D eigenvalue weighted by Gasteiger charge is -2.05. The van der Waals surface area contributed by atoms with Crippen molar-refractivity contribution in [2.45, 2.75) is 18.7 Å². The largest absolute Gasteiger partial charge is 0.522 e. The van der Waals surface area contributed by atoms with E-state index in [4.69, 9.17) is 22.0 Å². The molecule has 0 saturated heterocycles. The third kappa shape index (κ3) is 9.12. The van der Waals surface area contributed by atoms with E-state index in [1.165, 1.54) is 0 Å². The minimum Gasteiger partial charge on any atom is -0.306 e. The Morgan fingerprint density at radius 2 is 1.15 bits per heavy atom. The molecule has 0 aliphatic heterocycles. The van der Waals surface area contributed by atoms with Crippen molar-refractivity contribution in [3.05, 3.63) is 71.8 Å². The number of benzene rings is 2. The fourth-order valence-corrected chi connectivity index (χ4v) is 2.13. The molecule has 0 saturated carbocycles. The molecular formula is C15H16F3O6PS. The first-order valence-corrected chi connectivity index (χ1v) is 9.67. The fraction of sp³-hybridized carbons (Fsp3) is 0.200. The van der Waals surface area contributed by atoms with Crippen LogP contribution >= 0.6 is 8.25 Å². The molecule has 0 spiro atoms. The Kier molecular flexibility index (Phi) is 8.97. The lowest BCUT2D eigenvalue weighted by molar-refractivity contribution is -0.0510. The van der Waals surface area contributed by atoms with Crippen molar-refractivity contribution in [2.75, 3.05) is 0 Å². The maximum absolute atomic E-state index is 11.5. The average Bonchev–Trinajstić information content (AvgIpc) is 2.59. The van der Waals surface area contributed by atoms with Crippen molar-refractivity contribution in [2.24, 2.45) is 0 Å². The van der Waals surface area contributed by atoms with Crippen molar-refractivity contribution in [3.8, 4) is 0 Å². The summed E-state index contributed by atoms with van der Waals surface area (Å²) in [7, 11) is -8.28. The topological polar surface area (TPSA) is 89.9 Å². The maximum Gasteiger partial charge on any atom is 0.522 e. The highest BCUT2D eigenvalue weighted by molar-refractivity contribution is 7.86. The van der Waals surface area contributed by atoms with Gasteiger partial charge in [0.15, 0.2) is 0 Å². The number of rotatable bonds is 6. The van der Waals surface area contributed by atoms with Gasteiger partial charge in [-0.3, -0.25) is 9.12 Å². The van der Waals surface area contributed by atoms with E-state index in [0.717, 1.165) is 11.1 Å². The molecule has 2 aromatic rings. The van der Waals surface area contributed by atoms with E-state index in [1.807, 2.05) is 60.7 Å². The molecule has 0 radical (unpaired) electrons. The molecule has 1 N–H and O–H groups in total. The van der Waals surface area contributed by atoms with Gasteiger partial charge in [0.05, 0.1) is 13.2 Å². The summed E-state index contributed by atoms with van der Waals surface area (Å²) in [6.45, 7) is 0.626. The van der Waals surface area contributed by atoms with Gasteiger partial charge in [-0.05, 0) is 11.1 Å². The monoisotopic (exact) mass is 412 g/mol. The van der Waals surface area contributed by atoms with E-state index in [2.05, 4.69) is 0 Å². The van der Waals surface area contributed by atoms with Gasteiger partial charge >= 0.3 is 23.9 Å². The second-order valence-electron chi connectivity index (χ2n) is 4.72. The Balaban J connectivity index is 0.000000359. The lowest BCUT2D eigenvalue weighted by atomic mass is 10.2. The molecule has 11 heteroatoms. The van der Waals surface area contributed by atoms with Gasteiger partial charge in [-0.1, -0.05) is 60.7 Å². The third-order valence-electron chi connectivity index (χ3n) is 2.69. The smallest absolute Gasteiger partial charge is 0.306 e. The van der Waals surface area contributed by atoms with E-state index in [0.29, 0.717) is 13.2 Å². The predicted octanol–water partition coefficient (Wildman–Crippen LogP) is 4.20. The Labute approximate surface area is 149 Å². The summed E-state index contributed by atoms with van der Waals surface area (Å²) < 4.78 is 79.4. The third-order valence-corrected chi connectivity index (χ3v) is 4.04. The number of alkyl halides is 3. The first kappa shape index (κ1) is 22.3. The van der Waals surface area contributed by atoms with Crippen LogP contribution in [0.25, 0.3) is 0 Å². The zero-order valence-electron chi connectivity index (χ0n) is 13.2. The first-order chi connectivity index (χ1) is 12.1. The van der Waals surface area contributed by atoms with Crippen molar-refractivity contribution in [1.82, 2.24) is 0 Å². The Hall–Kier alpha value is -1.71. The van der Waals surface area contributed by atoms with Gasteiger partial charge in [0.25, 0.3) is 0 Å². The molecule has 0 aliphatic carbocycles. The van der Waals surface area contributed by atoms with Crippen LogP contribution in [0.4, 0.5) is 13.2 Å². The summed E-state index contributed by atoms with van der Waals surface area (Å²) in [5.41, 5.74) is -3.56. The summed E-state index contributed by atoms with van der Waals surface area (Å²) in [6, 6.07) is 19.2. The molecule has 6 nitrogen and oxygen atoms in total. The van der Waals surface area contributed by atoms with Crippen molar-refractivity contribution in [3.63, 3.8) is 0 Å². The van der Waals surface area contributed by atoms with Crippen LogP contribution in [-0.2, 0) is 36.9 Å². The van der Waals surface area contributed by atoms with E-state index in [1.54, 1.807) is 0 Å².